The molecule has 0 radical (unpaired) electrons. The SMILES string of the molecule is CCc1cc(C(=O)NCC(Cl)C2CC2)n(C)n1. The first-order valence-electron chi connectivity index (χ1n) is 6.07. The van der Waals surface area contributed by atoms with E-state index in [1.165, 1.54) is 12.8 Å². The van der Waals surface area contributed by atoms with Gasteiger partial charge in [-0.15, -0.1) is 11.6 Å². The van der Waals surface area contributed by atoms with Gasteiger partial charge in [0.15, 0.2) is 0 Å². The third-order valence-electron chi connectivity index (χ3n) is 3.12. The first-order chi connectivity index (χ1) is 8.11. The van der Waals surface area contributed by atoms with E-state index >= 15 is 0 Å². The maximum atomic E-state index is 11.9. The fourth-order valence-corrected chi connectivity index (χ4v) is 2.15. The van der Waals surface area contributed by atoms with Crippen LogP contribution in [0.5, 0.6) is 0 Å². The Morgan fingerprint density at radius 1 is 1.71 bits per heavy atom. The highest BCUT2D eigenvalue weighted by Crippen LogP contribution is 2.35. The number of aryl methyl sites for hydroxylation is 2. The van der Waals surface area contributed by atoms with Crippen LogP contribution in [0, 0.1) is 5.92 Å². The molecular formula is C12H18ClN3O. The molecule has 4 nitrogen and oxygen atoms in total. The van der Waals surface area contributed by atoms with Gasteiger partial charge >= 0.3 is 0 Å². The third kappa shape index (κ3) is 3.00. The lowest BCUT2D eigenvalue weighted by atomic mass is 10.2. The van der Waals surface area contributed by atoms with Crippen molar-refractivity contribution in [2.75, 3.05) is 6.54 Å². The molecule has 1 unspecified atom stereocenters. The lowest BCUT2D eigenvalue weighted by Gasteiger charge is -2.09. The first-order valence-corrected chi connectivity index (χ1v) is 6.50. The predicted molar refractivity (Wildman–Crippen MR) is 67.3 cm³/mol. The van der Waals surface area contributed by atoms with E-state index < -0.39 is 0 Å². The number of aromatic nitrogens is 2. The molecule has 1 aliphatic rings. The van der Waals surface area contributed by atoms with Crippen LogP contribution in [0.15, 0.2) is 6.07 Å². The van der Waals surface area contributed by atoms with E-state index in [9.17, 15) is 4.79 Å². The summed E-state index contributed by atoms with van der Waals surface area (Å²) in [6.45, 7) is 2.56. The summed E-state index contributed by atoms with van der Waals surface area (Å²) in [6.07, 6.45) is 3.22. The topological polar surface area (TPSA) is 46.9 Å². The second-order valence-electron chi connectivity index (χ2n) is 4.56. The Morgan fingerprint density at radius 3 is 2.94 bits per heavy atom. The summed E-state index contributed by atoms with van der Waals surface area (Å²) >= 11 is 6.14. The number of hydrogen-bond donors (Lipinski definition) is 1. The average Bonchev–Trinajstić information content (AvgIpc) is 3.09. The number of halogens is 1. The maximum Gasteiger partial charge on any atom is 0.269 e. The van der Waals surface area contributed by atoms with Crippen molar-refractivity contribution in [2.24, 2.45) is 13.0 Å². The van der Waals surface area contributed by atoms with Crippen molar-refractivity contribution in [3.8, 4) is 0 Å². The highest BCUT2D eigenvalue weighted by atomic mass is 35.5. The molecule has 1 amide bonds. The van der Waals surface area contributed by atoms with Crippen LogP contribution in [0.4, 0.5) is 0 Å². The molecule has 1 fully saturated rings. The Hall–Kier alpha value is -1.03. The van der Waals surface area contributed by atoms with Crippen molar-refractivity contribution in [3.05, 3.63) is 17.5 Å². The molecule has 1 aromatic rings. The van der Waals surface area contributed by atoms with E-state index in [-0.39, 0.29) is 11.3 Å². The minimum atomic E-state index is -0.0917. The Labute approximate surface area is 106 Å². The molecule has 1 N–H and O–H groups in total. The smallest absolute Gasteiger partial charge is 0.269 e. The van der Waals surface area contributed by atoms with Crippen LogP contribution in [0.25, 0.3) is 0 Å². The number of alkyl halides is 1. The molecule has 17 heavy (non-hydrogen) atoms. The molecule has 0 aliphatic heterocycles. The molecule has 0 bridgehead atoms. The summed E-state index contributed by atoms with van der Waals surface area (Å²) in [5.74, 6) is 0.501. The van der Waals surface area contributed by atoms with Crippen molar-refractivity contribution in [1.82, 2.24) is 15.1 Å². The summed E-state index contributed by atoms with van der Waals surface area (Å²) in [5, 5.41) is 7.18. The molecule has 1 saturated carbocycles. The van der Waals surface area contributed by atoms with E-state index in [4.69, 9.17) is 11.6 Å². The Kier molecular flexibility index (Phi) is 3.72. The van der Waals surface area contributed by atoms with Crippen LogP contribution in [0.3, 0.4) is 0 Å². The van der Waals surface area contributed by atoms with Gasteiger partial charge in [0, 0.05) is 13.6 Å². The van der Waals surface area contributed by atoms with Gasteiger partial charge in [0.25, 0.3) is 5.91 Å². The van der Waals surface area contributed by atoms with Gasteiger partial charge < -0.3 is 5.32 Å². The standard InChI is InChI=1S/C12H18ClN3O/c1-3-9-6-11(16(2)15-9)12(17)14-7-10(13)8-4-5-8/h6,8,10H,3-5,7H2,1-2H3,(H,14,17). The summed E-state index contributed by atoms with van der Waals surface area (Å²) in [4.78, 5) is 11.9. The Balaban J connectivity index is 1.91. The largest absolute Gasteiger partial charge is 0.349 e. The zero-order valence-electron chi connectivity index (χ0n) is 10.2. The lowest BCUT2D eigenvalue weighted by Crippen LogP contribution is -2.31. The van der Waals surface area contributed by atoms with E-state index in [2.05, 4.69) is 10.4 Å². The van der Waals surface area contributed by atoms with E-state index in [1.54, 1.807) is 11.7 Å². The molecular weight excluding hydrogens is 238 g/mol. The lowest BCUT2D eigenvalue weighted by molar-refractivity contribution is 0.0943. The maximum absolute atomic E-state index is 11.9. The number of amides is 1. The van der Waals surface area contributed by atoms with Crippen LogP contribution in [0.1, 0.15) is 35.9 Å². The van der Waals surface area contributed by atoms with Gasteiger partial charge in [-0.05, 0) is 31.2 Å². The number of nitrogens with zero attached hydrogens (tertiary/aromatic N) is 2. The number of nitrogens with one attached hydrogen (secondary N) is 1. The van der Waals surface area contributed by atoms with E-state index in [0.29, 0.717) is 18.2 Å². The highest BCUT2D eigenvalue weighted by Gasteiger charge is 2.29. The van der Waals surface area contributed by atoms with Crippen molar-refractivity contribution >= 4 is 17.5 Å². The fourth-order valence-electron chi connectivity index (χ4n) is 1.82. The second-order valence-corrected chi connectivity index (χ2v) is 5.12. The monoisotopic (exact) mass is 255 g/mol. The van der Waals surface area contributed by atoms with E-state index in [0.717, 1.165) is 12.1 Å². The minimum absolute atomic E-state index is 0.0674. The molecule has 1 atom stereocenters. The summed E-state index contributed by atoms with van der Waals surface area (Å²) in [7, 11) is 1.78. The van der Waals surface area contributed by atoms with Crippen LogP contribution >= 0.6 is 11.6 Å². The van der Waals surface area contributed by atoms with Crippen LogP contribution < -0.4 is 5.32 Å². The quantitative estimate of drug-likeness (QED) is 0.815. The highest BCUT2D eigenvalue weighted by molar-refractivity contribution is 6.21. The first kappa shape index (κ1) is 12.4. The van der Waals surface area contributed by atoms with Crippen LogP contribution in [0.2, 0.25) is 0 Å². The Bertz CT molecular complexity index is 412. The number of carbonyl (C=O) groups excluding carboxylic acids is 1. The van der Waals surface area contributed by atoms with Gasteiger partial charge in [0.1, 0.15) is 5.69 Å². The van der Waals surface area contributed by atoms with Gasteiger partial charge in [-0.2, -0.15) is 5.10 Å². The zero-order valence-corrected chi connectivity index (χ0v) is 11.0. The van der Waals surface area contributed by atoms with Gasteiger partial charge in [-0.3, -0.25) is 9.48 Å². The van der Waals surface area contributed by atoms with Gasteiger partial charge in [0.2, 0.25) is 0 Å². The molecule has 0 saturated heterocycles. The minimum Gasteiger partial charge on any atom is -0.349 e. The fraction of sp³-hybridized carbons (Fsp3) is 0.667. The molecule has 1 heterocycles. The molecule has 94 valence electrons. The van der Waals surface area contributed by atoms with Gasteiger partial charge in [-0.25, -0.2) is 0 Å². The summed E-state index contributed by atoms with van der Waals surface area (Å²) < 4.78 is 1.62. The predicted octanol–water partition coefficient (Wildman–Crippen LogP) is 1.73. The average molecular weight is 256 g/mol. The van der Waals surface area contributed by atoms with Crippen molar-refractivity contribution < 1.29 is 4.79 Å². The molecule has 1 aromatic heterocycles. The van der Waals surface area contributed by atoms with Crippen molar-refractivity contribution in [2.45, 2.75) is 31.6 Å². The third-order valence-corrected chi connectivity index (χ3v) is 3.63. The number of hydrogen-bond acceptors (Lipinski definition) is 2. The summed E-state index contributed by atoms with van der Waals surface area (Å²) in [5.41, 5.74) is 1.53. The number of rotatable bonds is 5. The van der Waals surface area contributed by atoms with Crippen LogP contribution in [-0.2, 0) is 13.5 Å². The summed E-state index contributed by atoms with van der Waals surface area (Å²) in [6, 6.07) is 1.83. The Morgan fingerprint density at radius 2 is 2.41 bits per heavy atom. The second kappa shape index (κ2) is 5.08. The number of carbonyl (C=O) groups is 1. The van der Waals surface area contributed by atoms with Crippen molar-refractivity contribution in [1.29, 1.82) is 0 Å². The van der Waals surface area contributed by atoms with Crippen LogP contribution in [-0.4, -0.2) is 27.6 Å². The molecule has 0 aromatic carbocycles. The molecule has 5 heteroatoms. The van der Waals surface area contributed by atoms with Crippen molar-refractivity contribution in [3.63, 3.8) is 0 Å². The normalized spacial score (nSPS) is 16.9. The van der Waals surface area contributed by atoms with Gasteiger partial charge in [0.05, 0.1) is 11.1 Å². The molecule has 1 aliphatic carbocycles. The molecule has 0 spiro atoms. The van der Waals surface area contributed by atoms with E-state index in [1.807, 2.05) is 13.0 Å². The van der Waals surface area contributed by atoms with Gasteiger partial charge in [-0.1, -0.05) is 6.92 Å². The zero-order chi connectivity index (χ0) is 12.4. The molecule has 2 rings (SSSR count).